The summed E-state index contributed by atoms with van der Waals surface area (Å²) < 4.78 is 2.85. The summed E-state index contributed by atoms with van der Waals surface area (Å²) in [6, 6.07) is 11.7. The number of nitrogens with one attached hydrogen (secondary N) is 1. The van der Waals surface area contributed by atoms with Crippen LogP contribution in [0.2, 0.25) is 0 Å². The molecular weight excluding hydrogens is 332 g/mol. The first-order valence-corrected chi connectivity index (χ1v) is 7.89. The Kier molecular flexibility index (Phi) is 3.77. The molecule has 0 saturated heterocycles. The van der Waals surface area contributed by atoms with E-state index in [4.69, 9.17) is 0 Å². The molecular formula is C18H14N6O2. The number of aryl methyl sites for hydroxylation is 1. The number of anilines is 1. The third kappa shape index (κ3) is 2.73. The number of amides is 1. The summed E-state index contributed by atoms with van der Waals surface area (Å²) in [5.41, 5.74) is 1.74. The van der Waals surface area contributed by atoms with E-state index in [9.17, 15) is 9.59 Å². The van der Waals surface area contributed by atoms with E-state index < -0.39 is 5.91 Å². The van der Waals surface area contributed by atoms with E-state index in [1.54, 1.807) is 36.7 Å². The van der Waals surface area contributed by atoms with E-state index in [0.29, 0.717) is 17.2 Å². The van der Waals surface area contributed by atoms with Gasteiger partial charge in [-0.1, -0.05) is 6.07 Å². The molecule has 4 heterocycles. The molecule has 4 aromatic rings. The predicted molar refractivity (Wildman–Crippen MR) is 95.5 cm³/mol. The van der Waals surface area contributed by atoms with Crippen LogP contribution in [0.25, 0.3) is 11.3 Å². The van der Waals surface area contributed by atoms with Crippen molar-refractivity contribution in [3.8, 4) is 5.69 Å². The number of hydrogen-bond donors (Lipinski definition) is 1. The van der Waals surface area contributed by atoms with Gasteiger partial charge in [0.05, 0.1) is 5.69 Å². The van der Waals surface area contributed by atoms with Crippen molar-refractivity contribution in [1.82, 2.24) is 24.1 Å². The molecule has 1 N–H and O–H groups in total. The lowest BCUT2D eigenvalue weighted by molar-refractivity contribution is 0.101. The summed E-state index contributed by atoms with van der Waals surface area (Å²) in [6.45, 7) is 1.84. The van der Waals surface area contributed by atoms with Crippen LogP contribution in [0.5, 0.6) is 0 Å². The Balaban J connectivity index is 1.88. The van der Waals surface area contributed by atoms with Crippen molar-refractivity contribution in [2.75, 3.05) is 5.32 Å². The maximum Gasteiger partial charge on any atom is 0.275 e. The number of hydrogen-bond acceptors (Lipinski definition) is 5. The smallest absolute Gasteiger partial charge is 0.275 e. The maximum atomic E-state index is 12.9. The topological polar surface area (TPSA) is 94.2 Å². The molecule has 0 radical (unpaired) electrons. The van der Waals surface area contributed by atoms with Crippen LogP contribution >= 0.6 is 0 Å². The Bertz CT molecular complexity index is 1160. The van der Waals surface area contributed by atoms with Crippen molar-refractivity contribution in [2.24, 2.45) is 0 Å². The fraction of sp³-hybridized carbons (Fsp3) is 0.0556. The van der Waals surface area contributed by atoms with Gasteiger partial charge in [0.2, 0.25) is 0 Å². The van der Waals surface area contributed by atoms with Gasteiger partial charge in [0.15, 0.2) is 5.65 Å². The molecule has 0 atom stereocenters. The zero-order chi connectivity index (χ0) is 18.1. The molecule has 0 aromatic carbocycles. The summed E-state index contributed by atoms with van der Waals surface area (Å²) in [4.78, 5) is 37.7. The molecule has 8 nitrogen and oxygen atoms in total. The number of carbonyl (C=O) groups is 1. The quantitative estimate of drug-likeness (QED) is 0.611. The first kappa shape index (κ1) is 15.7. The van der Waals surface area contributed by atoms with Gasteiger partial charge < -0.3 is 5.32 Å². The van der Waals surface area contributed by atoms with Crippen molar-refractivity contribution in [2.45, 2.75) is 6.92 Å². The minimum Gasteiger partial charge on any atom is -0.305 e. The van der Waals surface area contributed by atoms with Gasteiger partial charge >= 0.3 is 0 Å². The average molecular weight is 346 g/mol. The van der Waals surface area contributed by atoms with Gasteiger partial charge in [-0.3, -0.25) is 14.6 Å². The summed E-state index contributed by atoms with van der Waals surface area (Å²) >= 11 is 0. The van der Waals surface area contributed by atoms with Crippen LogP contribution in [-0.4, -0.2) is 30.1 Å². The Morgan fingerprint density at radius 3 is 2.65 bits per heavy atom. The van der Waals surface area contributed by atoms with Crippen LogP contribution in [0, 0.1) is 6.92 Å². The SMILES string of the molecule is Cc1cccc(NC(=O)c2cc3nccc(=O)n3n2-c2ccncc2)n1. The standard InChI is InChI=1S/C18H14N6O2/c1-12-3-2-4-15(21-12)22-18(26)14-11-16-20-10-7-17(25)24(16)23(14)13-5-8-19-9-6-13/h2-11H,1H3,(H,21,22,26). The minimum absolute atomic E-state index is 0.260. The van der Waals surface area contributed by atoms with Crippen molar-refractivity contribution < 1.29 is 4.79 Å². The van der Waals surface area contributed by atoms with Crippen LogP contribution in [0.3, 0.4) is 0 Å². The van der Waals surface area contributed by atoms with Gasteiger partial charge in [-0.15, -0.1) is 0 Å². The van der Waals surface area contributed by atoms with Gasteiger partial charge in [0, 0.05) is 36.4 Å². The van der Waals surface area contributed by atoms with Crippen LogP contribution in [0.1, 0.15) is 16.2 Å². The first-order valence-electron chi connectivity index (χ1n) is 7.89. The Morgan fingerprint density at radius 2 is 1.88 bits per heavy atom. The molecule has 1 amide bonds. The number of nitrogens with zero attached hydrogens (tertiary/aromatic N) is 5. The minimum atomic E-state index is -0.398. The lowest BCUT2D eigenvalue weighted by atomic mass is 10.3. The predicted octanol–water partition coefficient (Wildman–Crippen LogP) is 1.84. The Morgan fingerprint density at radius 1 is 1.08 bits per heavy atom. The van der Waals surface area contributed by atoms with Gasteiger partial charge in [-0.25, -0.2) is 14.6 Å². The molecule has 0 fully saturated rings. The third-order valence-corrected chi connectivity index (χ3v) is 3.81. The molecule has 0 aliphatic heterocycles. The fourth-order valence-corrected chi connectivity index (χ4v) is 2.70. The lowest BCUT2D eigenvalue weighted by Crippen LogP contribution is -2.24. The van der Waals surface area contributed by atoms with Gasteiger partial charge in [-0.05, 0) is 31.2 Å². The second-order valence-electron chi connectivity index (χ2n) is 5.62. The lowest BCUT2D eigenvalue weighted by Gasteiger charge is -2.10. The van der Waals surface area contributed by atoms with Crippen molar-refractivity contribution in [3.05, 3.63) is 82.8 Å². The van der Waals surface area contributed by atoms with E-state index in [-0.39, 0.29) is 11.3 Å². The Labute approximate surface area is 147 Å². The number of rotatable bonds is 3. The normalized spacial score (nSPS) is 10.8. The van der Waals surface area contributed by atoms with Crippen molar-refractivity contribution in [1.29, 1.82) is 0 Å². The third-order valence-electron chi connectivity index (χ3n) is 3.81. The molecule has 8 heteroatoms. The number of carbonyl (C=O) groups excluding carboxylic acids is 1. The average Bonchev–Trinajstić information content (AvgIpc) is 3.04. The van der Waals surface area contributed by atoms with E-state index in [2.05, 4.69) is 20.3 Å². The zero-order valence-corrected chi connectivity index (χ0v) is 13.8. The highest BCUT2D eigenvalue weighted by Gasteiger charge is 2.19. The highest BCUT2D eigenvalue weighted by atomic mass is 16.2. The number of aromatic nitrogens is 5. The summed E-state index contributed by atoms with van der Waals surface area (Å²) in [5.74, 6) is 0.0339. The molecule has 0 spiro atoms. The van der Waals surface area contributed by atoms with E-state index in [1.807, 2.05) is 19.1 Å². The summed E-state index contributed by atoms with van der Waals surface area (Å²) in [7, 11) is 0. The van der Waals surface area contributed by atoms with Crippen LogP contribution < -0.4 is 10.9 Å². The number of fused-ring (bicyclic) bond motifs is 1. The molecule has 4 aromatic heterocycles. The van der Waals surface area contributed by atoms with Crippen LogP contribution in [0.4, 0.5) is 5.82 Å². The fourth-order valence-electron chi connectivity index (χ4n) is 2.70. The molecule has 4 rings (SSSR count). The van der Waals surface area contributed by atoms with E-state index in [1.165, 1.54) is 21.5 Å². The zero-order valence-electron chi connectivity index (χ0n) is 13.8. The molecule has 128 valence electrons. The molecule has 0 aliphatic rings. The van der Waals surface area contributed by atoms with Gasteiger partial charge in [-0.2, -0.15) is 4.52 Å². The second kappa shape index (κ2) is 6.25. The highest BCUT2D eigenvalue weighted by molar-refractivity contribution is 6.03. The first-order chi connectivity index (χ1) is 12.6. The van der Waals surface area contributed by atoms with E-state index >= 15 is 0 Å². The molecule has 0 saturated carbocycles. The van der Waals surface area contributed by atoms with Crippen LogP contribution in [0.15, 0.2) is 65.8 Å². The number of pyridine rings is 2. The summed E-state index contributed by atoms with van der Waals surface area (Å²) in [5, 5.41) is 2.76. The monoisotopic (exact) mass is 346 g/mol. The largest absolute Gasteiger partial charge is 0.305 e. The maximum absolute atomic E-state index is 12.9. The molecule has 0 unspecified atom stereocenters. The highest BCUT2D eigenvalue weighted by Crippen LogP contribution is 2.15. The molecule has 0 bridgehead atoms. The Hall–Kier alpha value is -3.81. The van der Waals surface area contributed by atoms with Gasteiger partial charge in [0.1, 0.15) is 11.5 Å². The molecule has 26 heavy (non-hydrogen) atoms. The van der Waals surface area contributed by atoms with Gasteiger partial charge in [0.25, 0.3) is 11.5 Å². The van der Waals surface area contributed by atoms with Crippen LogP contribution in [-0.2, 0) is 0 Å². The van der Waals surface area contributed by atoms with Crippen molar-refractivity contribution >= 4 is 17.4 Å². The van der Waals surface area contributed by atoms with E-state index in [0.717, 1.165) is 5.69 Å². The summed E-state index contributed by atoms with van der Waals surface area (Å²) in [6.07, 6.45) is 4.59. The van der Waals surface area contributed by atoms with Crippen molar-refractivity contribution in [3.63, 3.8) is 0 Å². The second-order valence-corrected chi connectivity index (χ2v) is 5.62. The molecule has 0 aliphatic carbocycles.